The lowest BCUT2D eigenvalue weighted by atomic mass is 9.80. The molecule has 3 nitrogen and oxygen atoms in total. The maximum absolute atomic E-state index is 12.0. The molecule has 2 fully saturated rings. The zero-order chi connectivity index (χ0) is 12.1. The van der Waals surface area contributed by atoms with Gasteiger partial charge in [-0.3, -0.25) is 4.79 Å². The van der Waals surface area contributed by atoms with Crippen LogP contribution in [0.15, 0.2) is 0 Å². The zero-order valence-corrected chi connectivity index (χ0v) is 11.0. The summed E-state index contributed by atoms with van der Waals surface area (Å²) in [6, 6.07) is 0. The Hall–Kier alpha value is -0.570. The highest BCUT2D eigenvalue weighted by Crippen LogP contribution is 2.30. The van der Waals surface area contributed by atoms with Gasteiger partial charge in [-0.2, -0.15) is 0 Å². The van der Waals surface area contributed by atoms with Gasteiger partial charge in [0.1, 0.15) is 0 Å². The molecule has 0 aromatic carbocycles. The molecule has 1 unspecified atom stereocenters. The van der Waals surface area contributed by atoms with Crippen LogP contribution in [0.1, 0.15) is 45.4 Å². The molecule has 2 rings (SSSR count). The predicted octanol–water partition coefficient (Wildman–Crippen LogP) is 1.93. The molecule has 2 N–H and O–H groups in total. The number of nitrogens with one attached hydrogen (secondary N) is 2. The van der Waals surface area contributed by atoms with E-state index in [1.807, 2.05) is 0 Å². The van der Waals surface area contributed by atoms with Gasteiger partial charge < -0.3 is 10.6 Å². The van der Waals surface area contributed by atoms with E-state index in [1.54, 1.807) is 0 Å². The lowest BCUT2D eigenvalue weighted by Gasteiger charge is -2.27. The van der Waals surface area contributed by atoms with Gasteiger partial charge in [0.05, 0.1) is 0 Å². The second kappa shape index (κ2) is 6.39. The Bertz CT molecular complexity index is 241. The van der Waals surface area contributed by atoms with Crippen LogP contribution in [0.5, 0.6) is 0 Å². The minimum absolute atomic E-state index is 0.298. The molecule has 1 atom stereocenters. The van der Waals surface area contributed by atoms with Crippen molar-refractivity contribution in [3.05, 3.63) is 0 Å². The van der Waals surface area contributed by atoms with Gasteiger partial charge in [-0.1, -0.05) is 13.3 Å². The molecule has 1 heterocycles. The molecule has 1 amide bonds. The lowest BCUT2D eigenvalue weighted by Crippen LogP contribution is -2.36. The van der Waals surface area contributed by atoms with Gasteiger partial charge in [-0.15, -0.1) is 0 Å². The number of carbonyl (C=O) groups excluding carboxylic acids is 1. The highest BCUT2D eigenvalue weighted by Gasteiger charge is 2.26. The molecule has 1 aliphatic heterocycles. The van der Waals surface area contributed by atoms with E-state index in [-0.39, 0.29) is 0 Å². The Morgan fingerprint density at radius 2 is 1.94 bits per heavy atom. The van der Waals surface area contributed by atoms with Crippen molar-refractivity contribution >= 4 is 5.91 Å². The summed E-state index contributed by atoms with van der Waals surface area (Å²) in [4.78, 5) is 12.0. The summed E-state index contributed by atoms with van der Waals surface area (Å²) in [5, 5.41) is 6.49. The van der Waals surface area contributed by atoms with Gasteiger partial charge in [-0.05, 0) is 57.0 Å². The van der Waals surface area contributed by atoms with Gasteiger partial charge in [0, 0.05) is 12.5 Å². The van der Waals surface area contributed by atoms with E-state index < -0.39 is 0 Å². The van der Waals surface area contributed by atoms with Crippen molar-refractivity contribution in [2.24, 2.45) is 17.8 Å². The van der Waals surface area contributed by atoms with Gasteiger partial charge in [-0.25, -0.2) is 0 Å². The van der Waals surface area contributed by atoms with Crippen molar-refractivity contribution in [2.45, 2.75) is 45.4 Å². The van der Waals surface area contributed by atoms with Gasteiger partial charge in [0.2, 0.25) is 5.91 Å². The van der Waals surface area contributed by atoms with Crippen LogP contribution in [0, 0.1) is 17.8 Å². The van der Waals surface area contributed by atoms with Gasteiger partial charge in [0.25, 0.3) is 0 Å². The van der Waals surface area contributed by atoms with Crippen molar-refractivity contribution in [3.63, 3.8) is 0 Å². The fraction of sp³-hybridized carbons (Fsp3) is 0.929. The van der Waals surface area contributed by atoms with E-state index in [0.29, 0.717) is 17.7 Å². The average molecular weight is 238 g/mol. The summed E-state index contributed by atoms with van der Waals surface area (Å²) in [6.45, 7) is 5.32. The number of carbonyl (C=O) groups is 1. The monoisotopic (exact) mass is 238 g/mol. The first kappa shape index (κ1) is 12.9. The Kier molecular flexibility index (Phi) is 4.84. The molecular formula is C14H26N2O. The van der Waals surface area contributed by atoms with Crippen LogP contribution in [-0.2, 0) is 4.79 Å². The zero-order valence-electron chi connectivity index (χ0n) is 11.0. The highest BCUT2D eigenvalue weighted by molar-refractivity contribution is 5.78. The molecule has 1 aliphatic carbocycles. The van der Waals surface area contributed by atoms with Crippen molar-refractivity contribution in [3.8, 4) is 0 Å². The lowest BCUT2D eigenvalue weighted by molar-refractivity contribution is -0.126. The predicted molar refractivity (Wildman–Crippen MR) is 69.7 cm³/mol. The summed E-state index contributed by atoms with van der Waals surface area (Å²) < 4.78 is 0. The first-order valence-electron chi connectivity index (χ1n) is 7.28. The number of rotatable bonds is 4. The summed E-state index contributed by atoms with van der Waals surface area (Å²) in [5.74, 6) is 2.14. The third-order valence-corrected chi connectivity index (χ3v) is 4.52. The van der Waals surface area contributed by atoms with E-state index >= 15 is 0 Å². The van der Waals surface area contributed by atoms with Gasteiger partial charge >= 0.3 is 0 Å². The van der Waals surface area contributed by atoms with Gasteiger partial charge in [0.15, 0.2) is 0 Å². The Morgan fingerprint density at radius 1 is 1.18 bits per heavy atom. The Morgan fingerprint density at radius 3 is 2.53 bits per heavy atom. The van der Waals surface area contributed by atoms with Crippen molar-refractivity contribution < 1.29 is 4.79 Å². The summed E-state index contributed by atoms with van der Waals surface area (Å²) >= 11 is 0. The molecule has 0 bridgehead atoms. The van der Waals surface area contributed by atoms with Crippen LogP contribution in [0.25, 0.3) is 0 Å². The van der Waals surface area contributed by atoms with Crippen molar-refractivity contribution in [2.75, 3.05) is 19.6 Å². The van der Waals surface area contributed by atoms with E-state index in [9.17, 15) is 4.79 Å². The minimum Gasteiger partial charge on any atom is -0.356 e. The quantitative estimate of drug-likeness (QED) is 0.786. The SMILES string of the molecule is CCC1CCC(C(=O)NCC2CCNC2)CC1. The summed E-state index contributed by atoms with van der Waals surface area (Å²) in [6.07, 6.45) is 7.20. The molecule has 3 heteroatoms. The number of amides is 1. The molecule has 2 aliphatic rings. The fourth-order valence-electron chi connectivity index (χ4n) is 3.11. The molecule has 0 aromatic rings. The minimum atomic E-state index is 0.298. The molecular weight excluding hydrogens is 212 g/mol. The van der Waals surface area contributed by atoms with Crippen LogP contribution >= 0.6 is 0 Å². The molecule has 98 valence electrons. The number of hydrogen-bond acceptors (Lipinski definition) is 2. The molecule has 17 heavy (non-hydrogen) atoms. The van der Waals surface area contributed by atoms with Crippen LogP contribution in [-0.4, -0.2) is 25.5 Å². The molecule has 0 spiro atoms. The standard InChI is InChI=1S/C14H26N2O/c1-2-11-3-5-13(6-4-11)14(17)16-10-12-7-8-15-9-12/h11-13,15H,2-10H2,1H3,(H,16,17). The van der Waals surface area contributed by atoms with Crippen molar-refractivity contribution in [1.29, 1.82) is 0 Å². The fourth-order valence-corrected chi connectivity index (χ4v) is 3.11. The molecule has 1 saturated heterocycles. The third kappa shape index (κ3) is 3.70. The van der Waals surface area contributed by atoms with E-state index in [2.05, 4.69) is 17.6 Å². The summed E-state index contributed by atoms with van der Waals surface area (Å²) in [5.41, 5.74) is 0. The maximum atomic E-state index is 12.0. The maximum Gasteiger partial charge on any atom is 0.223 e. The van der Waals surface area contributed by atoms with E-state index in [4.69, 9.17) is 0 Å². The molecule has 0 radical (unpaired) electrons. The van der Waals surface area contributed by atoms with Crippen molar-refractivity contribution in [1.82, 2.24) is 10.6 Å². The van der Waals surface area contributed by atoms with E-state index in [1.165, 1.54) is 25.7 Å². The Labute approximate surface area is 105 Å². The van der Waals surface area contributed by atoms with Crippen LogP contribution < -0.4 is 10.6 Å². The third-order valence-electron chi connectivity index (χ3n) is 4.52. The number of hydrogen-bond donors (Lipinski definition) is 2. The van der Waals surface area contributed by atoms with E-state index in [0.717, 1.165) is 38.4 Å². The molecule has 0 aromatic heterocycles. The largest absolute Gasteiger partial charge is 0.356 e. The first-order valence-corrected chi connectivity index (χ1v) is 7.28. The Balaban J connectivity index is 1.66. The highest BCUT2D eigenvalue weighted by atomic mass is 16.1. The smallest absolute Gasteiger partial charge is 0.223 e. The summed E-state index contributed by atoms with van der Waals surface area (Å²) in [7, 11) is 0. The molecule has 1 saturated carbocycles. The van der Waals surface area contributed by atoms with Crippen LogP contribution in [0.3, 0.4) is 0 Å². The normalized spacial score (nSPS) is 33.6. The van der Waals surface area contributed by atoms with Crippen LogP contribution in [0.2, 0.25) is 0 Å². The second-order valence-corrected chi connectivity index (χ2v) is 5.73. The van der Waals surface area contributed by atoms with Crippen LogP contribution in [0.4, 0.5) is 0 Å². The first-order chi connectivity index (χ1) is 8.29. The second-order valence-electron chi connectivity index (χ2n) is 5.73. The average Bonchev–Trinajstić information content (AvgIpc) is 2.89. The topological polar surface area (TPSA) is 41.1 Å².